The van der Waals surface area contributed by atoms with Gasteiger partial charge in [0.05, 0.1) is 0 Å². The number of rotatable bonds is 9. The molecule has 0 saturated heterocycles. The third-order valence-corrected chi connectivity index (χ3v) is 4.73. The Morgan fingerprint density at radius 2 is 1.78 bits per heavy atom. The van der Waals surface area contributed by atoms with E-state index in [1.165, 1.54) is 18.2 Å². The molecule has 0 heterocycles. The Labute approximate surface area is 158 Å². The lowest BCUT2D eigenvalue weighted by Crippen LogP contribution is -2.58. The summed E-state index contributed by atoms with van der Waals surface area (Å²) in [6, 6.07) is 3.97. The predicted molar refractivity (Wildman–Crippen MR) is 98.6 cm³/mol. The van der Waals surface area contributed by atoms with E-state index in [4.69, 9.17) is 15.2 Å². The molecule has 8 nitrogen and oxygen atoms in total. The summed E-state index contributed by atoms with van der Waals surface area (Å²) in [4.78, 5) is 23.8. The maximum Gasteiger partial charge on any atom is 0.508 e. The monoisotopic (exact) mass is 383 g/mol. The van der Waals surface area contributed by atoms with Gasteiger partial charge in [-0.3, -0.25) is 4.79 Å². The lowest BCUT2D eigenvalue weighted by atomic mass is 9.78. The molecule has 0 radical (unpaired) electrons. The average molecular weight is 383 g/mol. The van der Waals surface area contributed by atoms with Crippen LogP contribution in [0, 0.1) is 5.92 Å². The van der Waals surface area contributed by atoms with Gasteiger partial charge in [-0.2, -0.15) is 0 Å². The van der Waals surface area contributed by atoms with Gasteiger partial charge in [0.2, 0.25) is 0 Å². The van der Waals surface area contributed by atoms with Crippen molar-refractivity contribution in [1.82, 2.24) is 0 Å². The van der Waals surface area contributed by atoms with E-state index in [0.717, 1.165) is 6.42 Å². The van der Waals surface area contributed by atoms with Crippen molar-refractivity contribution in [2.24, 2.45) is 11.7 Å². The van der Waals surface area contributed by atoms with E-state index >= 15 is 0 Å². The van der Waals surface area contributed by atoms with Crippen molar-refractivity contribution >= 4 is 12.1 Å². The average Bonchev–Trinajstić information content (AvgIpc) is 2.57. The first kappa shape index (κ1) is 22.6. The van der Waals surface area contributed by atoms with Crippen LogP contribution >= 0.6 is 0 Å². The summed E-state index contributed by atoms with van der Waals surface area (Å²) in [6.45, 7) is 6.84. The first-order valence-electron chi connectivity index (χ1n) is 8.91. The summed E-state index contributed by atoms with van der Waals surface area (Å²) in [5.41, 5.74) is 4.81. The zero-order valence-corrected chi connectivity index (χ0v) is 16.1. The van der Waals surface area contributed by atoms with Crippen LogP contribution in [0.1, 0.15) is 46.1 Å². The molecule has 1 unspecified atom stereocenters. The number of phenols is 2. The van der Waals surface area contributed by atoms with Crippen molar-refractivity contribution in [3.63, 3.8) is 0 Å². The van der Waals surface area contributed by atoms with Crippen LogP contribution in [-0.4, -0.2) is 45.2 Å². The molecule has 0 spiro atoms. The Kier molecular flexibility index (Phi) is 7.90. The highest BCUT2D eigenvalue weighted by Crippen LogP contribution is 2.30. The Hall–Kier alpha value is -2.48. The smallest absolute Gasteiger partial charge is 0.504 e. The van der Waals surface area contributed by atoms with Crippen molar-refractivity contribution in [2.45, 2.75) is 64.7 Å². The van der Waals surface area contributed by atoms with E-state index in [1.54, 1.807) is 20.8 Å². The molecule has 1 aromatic rings. The minimum Gasteiger partial charge on any atom is -0.504 e. The minimum atomic E-state index is -1.77. The molecule has 4 atom stereocenters. The molecular formula is C19H29NO7. The van der Waals surface area contributed by atoms with E-state index in [1.807, 2.05) is 6.92 Å². The fourth-order valence-electron chi connectivity index (χ4n) is 2.78. The number of nitrogens with two attached hydrogens (primary N) is 1. The van der Waals surface area contributed by atoms with Crippen LogP contribution in [0.2, 0.25) is 0 Å². The van der Waals surface area contributed by atoms with Gasteiger partial charge in [-0.15, -0.1) is 0 Å². The van der Waals surface area contributed by atoms with Gasteiger partial charge in [-0.1, -0.05) is 26.3 Å². The summed E-state index contributed by atoms with van der Waals surface area (Å²) in [7, 11) is 0. The lowest BCUT2D eigenvalue weighted by molar-refractivity contribution is -0.147. The number of carbonyl (C=O) groups is 2. The van der Waals surface area contributed by atoms with Gasteiger partial charge in [0, 0.05) is 12.3 Å². The third kappa shape index (κ3) is 6.02. The third-order valence-electron chi connectivity index (χ3n) is 4.73. The van der Waals surface area contributed by atoms with Gasteiger partial charge in [-0.25, -0.2) is 4.79 Å². The fourth-order valence-corrected chi connectivity index (χ4v) is 2.78. The zero-order chi connectivity index (χ0) is 20.8. The molecule has 5 N–H and O–H groups in total. The van der Waals surface area contributed by atoms with Gasteiger partial charge < -0.3 is 30.5 Å². The molecule has 0 aromatic heterocycles. The number of carboxylic acid groups (broad SMARTS) is 1. The van der Waals surface area contributed by atoms with Crippen molar-refractivity contribution in [2.75, 3.05) is 0 Å². The summed E-state index contributed by atoms with van der Waals surface area (Å²) in [6.07, 6.45) is -0.577. The van der Waals surface area contributed by atoms with E-state index in [0.29, 0.717) is 12.0 Å². The number of phenolic OH excluding ortho intramolecular Hbond substituents is 2. The Morgan fingerprint density at radius 3 is 2.30 bits per heavy atom. The number of hydrogen-bond donors (Lipinski definition) is 4. The van der Waals surface area contributed by atoms with E-state index < -0.39 is 29.7 Å². The van der Waals surface area contributed by atoms with Gasteiger partial charge in [0.1, 0.15) is 17.7 Å². The second kappa shape index (κ2) is 9.45. The molecule has 8 heteroatoms. The number of carbonyl (C=O) groups excluding carboxylic acids is 1. The van der Waals surface area contributed by atoms with Crippen LogP contribution < -0.4 is 5.73 Å². The number of hydrogen-bond acceptors (Lipinski definition) is 7. The molecule has 0 amide bonds. The van der Waals surface area contributed by atoms with Crippen LogP contribution in [0.15, 0.2) is 18.2 Å². The highest BCUT2D eigenvalue weighted by atomic mass is 16.7. The molecule has 0 saturated carbocycles. The van der Waals surface area contributed by atoms with Crippen molar-refractivity contribution in [1.29, 1.82) is 0 Å². The largest absolute Gasteiger partial charge is 0.508 e. The van der Waals surface area contributed by atoms with Gasteiger partial charge in [-0.05, 0) is 38.0 Å². The summed E-state index contributed by atoms with van der Waals surface area (Å²) in [5.74, 6) is -2.72. The molecule has 1 rings (SSSR count). The van der Waals surface area contributed by atoms with Crippen LogP contribution in [0.4, 0.5) is 4.79 Å². The Bertz CT molecular complexity index is 663. The molecule has 0 aliphatic rings. The number of aromatic hydroxyl groups is 2. The van der Waals surface area contributed by atoms with Crippen LogP contribution in [0.5, 0.6) is 11.5 Å². The van der Waals surface area contributed by atoms with Crippen LogP contribution in [-0.2, 0) is 20.7 Å². The molecule has 0 aliphatic carbocycles. The normalized spacial score (nSPS) is 16.6. The van der Waals surface area contributed by atoms with E-state index in [2.05, 4.69) is 0 Å². The molecule has 152 valence electrons. The molecule has 27 heavy (non-hydrogen) atoms. The highest BCUT2D eigenvalue weighted by molar-refractivity contribution is 5.79. The van der Waals surface area contributed by atoms with Crippen LogP contribution in [0.3, 0.4) is 0 Å². The maximum atomic E-state index is 11.9. The molecule has 0 fully saturated rings. The zero-order valence-electron chi connectivity index (χ0n) is 16.1. The first-order chi connectivity index (χ1) is 12.5. The van der Waals surface area contributed by atoms with Crippen molar-refractivity contribution in [3.05, 3.63) is 23.8 Å². The lowest BCUT2D eigenvalue weighted by Gasteiger charge is -2.34. The van der Waals surface area contributed by atoms with Crippen LogP contribution in [0.25, 0.3) is 0 Å². The first-order valence-corrected chi connectivity index (χ1v) is 8.91. The summed E-state index contributed by atoms with van der Waals surface area (Å²) < 4.78 is 10.3. The Morgan fingerprint density at radius 1 is 1.15 bits per heavy atom. The second-order valence-corrected chi connectivity index (χ2v) is 6.92. The molecule has 0 bridgehead atoms. The maximum absolute atomic E-state index is 11.9. The molecular weight excluding hydrogens is 354 g/mol. The van der Waals surface area contributed by atoms with E-state index in [9.17, 15) is 24.9 Å². The number of benzene rings is 1. The highest BCUT2D eigenvalue weighted by Gasteiger charge is 2.44. The van der Waals surface area contributed by atoms with Crippen molar-refractivity contribution < 1.29 is 34.4 Å². The quantitative estimate of drug-likeness (QED) is 0.377. The number of aliphatic carboxylic acids is 1. The summed E-state index contributed by atoms with van der Waals surface area (Å²) in [5, 5.41) is 28.7. The van der Waals surface area contributed by atoms with Gasteiger partial charge in [0.15, 0.2) is 11.5 Å². The predicted octanol–water partition coefficient (Wildman–Crippen LogP) is 2.79. The number of ether oxygens (including phenoxy) is 2. The Balaban J connectivity index is 2.89. The van der Waals surface area contributed by atoms with Gasteiger partial charge in [0.25, 0.3) is 0 Å². The van der Waals surface area contributed by atoms with Crippen molar-refractivity contribution in [3.8, 4) is 11.5 Å². The number of carboxylic acids is 1. The SMILES string of the molecule is CCCC(C)OC(=O)O[C@H](C)[C@@H](C)[C@](N)(Cc1ccc(O)c(O)c1)C(=O)O. The standard InChI is InChI=1S/C19H29NO7/c1-5-6-11(2)26-18(25)27-13(4)12(3)19(20,17(23)24)10-14-7-8-15(21)16(22)9-14/h7-9,11-13,21-22H,5-6,10,20H2,1-4H3,(H,23,24)/t11?,12-,13-,19-/m1/s1. The molecule has 1 aromatic carbocycles. The molecule has 0 aliphatic heterocycles. The minimum absolute atomic E-state index is 0.133. The summed E-state index contributed by atoms with van der Waals surface area (Å²) >= 11 is 0. The topological polar surface area (TPSA) is 139 Å². The van der Waals surface area contributed by atoms with Gasteiger partial charge >= 0.3 is 12.1 Å². The fraction of sp³-hybridized carbons (Fsp3) is 0.579. The second-order valence-electron chi connectivity index (χ2n) is 6.92. The van der Waals surface area contributed by atoms with E-state index in [-0.39, 0.29) is 24.0 Å².